The summed E-state index contributed by atoms with van der Waals surface area (Å²) in [6, 6.07) is 0.460. The summed E-state index contributed by atoms with van der Waals surface area (Å²) in [5, 5.41) is 0. The summed E-state index contributed by atoms with van der Waals surface area (Å²) in [5.74, 6) is 0.979. The van der Waals surface area contributed by atoms with E-state index in [1.807, 2.05) is 0 Å². The van der Waals surface area contributed by atoms with Crippen molar-refractivity contribution in [3.05, 3.63) is 0 Å². The molecule has 16 heavy (non-hydrogen) atoms. The summed E-state index contributed by atoms with van der Waals surface area (Å²) in [7, 11) is 0. The molecule has 2 N–H and O–H groups in total. The first-order valence-corrected chi connectivity index (χ1v) is 6.68. The lowest BCUT2D eigenvalue weighted by atomic mass is 9.96. The van der Waals surface area contributed by atoms with Crippen LogP contribution in [0.5, 0.6) is 0 Å². The molecule has 1 saturated heterocycles. The van der Waals surface area contributed by atoms with Crippen LogP contribution in [-0.4, -0.2) is 29.9 Å². The molecule has 0 aromatic rings. The molecule has 3 heteroatoms. The molecule has 0 spiro atoms. The number of nitrogens with zero attached hydrogens (tertiary/aromatic N) is 1. The SMILES string of the molecule is CCC(CCN)CCC(=O)N1CCCC1C. The second-order valence-electron chi connectivity index (χ2n) is 4.97. The summed E-state index contributed by atoms with van der Waals surface area (Å²) >= 11 is 0. The van der Waals surface area contributed by atoms with Crippen molar-refractivity contribution in [3.63, 3.8) is 0 Å². The van der Waals surface area contributed by atoms with Gasteiger partial charge in [-0.2, -0.15) is 0 Å². The lowest BCUT2D eigenvalue weighted by Crippen LogP contribution is -2.33. The third-order valence-corrected chi connectivity index (χ3v) is 3.79. The van der Waals surface area contributed by atoms with E-state index in [4.69, 9.17) is 5.73 Å². The molecule has 0 bridgehead atoms. The molecule has 1 amide bonds. The van der Waals surface area contributed by atoms with E-state index in [0.717, 1.165) is 32.4 Å². The topological polar surface area (TPSA) is 46.3 Å². The van der Waals surface area contributed by atoms with Crippen molar-refractivity contribution in [3.8, 4) is 0 Å². The van der Waals surface area contributed by atoms with Gasteiger partial charge in [-0.25, -0.2) is 0 Å². The molecule has 1 aliphatic heterocycles. The number of hydrogen-bond acceptors (Lipinski definition) is 2. The molecule has 0 saturated carbocycles. The quantitative estimate of drug-likeness (QED) is 0.754. The van der Waals surface area contributed by atoms with Crippen LogP contribution in [0, 0.1) is 5.92 Å². The minimum atomic E-state index is 0.348. The van der Waals surface area contributed by atoms with E-state index in [0.29, 0.717) is 24.3 Å². The predicted octanol–water partition coefficient (Wildman–Crippen LogP) is 2.15. The predicted molar refractivity (Wildman–Crippen MR) is 67.1 cm³/mol. The first kappa shape index (κ1) is 13.5. The van der Waals surface area contributed by atoms with Gasteiger partial charge in [0.05, 0.1) is 0 Å². The molecule has 94 valence electrons. The zero-order valence-electron chi connectivity index (χ0n) is 10.7. The number of amides is 1. The number of rotatable bonds is 6. The second kappa shape index (κ2) is 6.89. The van der Waals surface area contributed by atoms with Crippen molar-refractivity contribution in [2.45, 2.75) is 58.4 Å². The normalized spacial score (nSPS) is 22.4. The Morgan fingerprint density at radius 2 is 2.25 bits per heavy atom. The monoisotopic (exact) mass is 226 g/mol. The standard InChI is InChI=1S/C13H26N2O/c1-3-12(8-9-14)6-7-13(16)15-10-4-5-11(15)2/h11-12H,3-10,14H2,1-2H3. The zero-order valence-corrected chi connectivity index (χ0v) is 10.7. The average Bonchev–Trinajstić information content (AvgIpc) is 2.70. The summed E-state index contributed by atoms with van der Waals surface area (Å²) in [5.41, 5.74) is 5.56. The fraction of sp³-hybridized carbons (Fsp3) is 0.923. The van der Waals surface area contributed by atoms with Crippen molar-refractivity contribution >= 4 is 5.91 Å². The van der Waals surface area contributed by atoms with Crippen LogP contribution in [0.15, 0.2) is 0 Å². The van der Waals surface area contributed by atoms with E-state index < -0.39 is 0 Å². The molecule has 0 aromatic heterocycles. The molecular weight excluding hydrogens is 200 g/mol. The Bertz CT molecular complexity index is 218. The van der Waals surface area contributed by atoms with E-state index >= 15 is 0 Å². The van der Waals surface area contributed by atoms with Gasteiger partial charge >= 0.3 is 0 Å². The molecule has 0 aromatic carbocycles. The molecular formula is C13H26N2O. The molecule has 2 atom stereocenters. The van der Waals surface area contributed by atoms with Gasteiger partial charge in [0.2, 0.25) is 5.91 Å². The highest BCUT2D eigenvalue weighted by molar-refractivity contribution is 5.76. The average molecular weight is 226 g/mol. The summed E-state index contributed by atoms with van der Waals surface area (Å²) in [4.78, 5) is 14.0. The number of carbonyl (C=O) groups is 1. The molecule has 3 nitrogen and oxygen atoms in total. The van der Waals surface area contributed by atoms with Crippen molar-refractivity contribution in [2.24, 2.45) is 11.7 Å². The van der Waals surface area contributed by atoms with Crippen LogP contribution >= 0.6 is 0 Å². The maximum Gasteiger partial charge on any atom is 0.222 e. The van der Waals surface area contributed by atoms with Crippen molar-refractivity contribution in [1.82, 2.24) is 4.90 Å². The van der Waals surface area contributed by atoms with Gasteiger partial charge in [0.25, 0.3) is 0 Å². The highest BCUT2D eigenvalue weighted by Gasteiger charge is 2.24. The number of carbonyl (C=O) groups excluding carboxylic acids is 1. The van der Waals surface area contributed by atoms with Crippen LogP contribution in [0.2, 0.25) is 0 Å². The second-order valence-corrected chi connectivity index (χ2v) is 4.97. The highest BCUT2D eigenvalue weighted by atomic mass is 16.2. The van der Waals surface area contributed by atoms with Crippen LogP contribution in [-0.2, 0) is 4.79 Å². The van der Waals surface area contributed by atoms with Crippen molar-refractivity contribution < 1.29 is 4.79 Å². The van der Waals surface area contributed by atoms with E-state index in [1.54, 1.807) is 0 Å². The van der Waals surface area contributed by atoms with E-state index in [9.17, 15) is 4.79 Å². The molecule has 1 heterocycles. The van der Waals surface area contributed by atoms with Crippen LogP contribution in [0.25, 0.3) is 0 Å². The Balaban J connectivity index is 2.28. The first-order chi connectivity index (χ1) is 7.69. The van der Waals surface area contributed by atoms with Gasteiger partial charge in [0, 0.05) is 19.0 Å². The molecule has 1 fully saturated rings. The van der Waals surface area contributed by atoms with Gasteiger partial charge in [-0.1, -0.05) is 13.3 Å². The maximum absolute atomic E-state index is 12.0. The Hall–Kier alpha value is -0.570. The number of hydrogen-bond donors (Lipinski definition) is 1. The van der Waals surface area contributed by atoms with Crippen LogP contribution in [0.1, 0.15) is 52.4 Å². The smallest absolute Gasteiger partial charge is 0.222 e. The molecule has 0 radical (unpaired) electrons. The van der Waals surface area contributed by atoms with E-state index in [1.165, 1.54) is 12.8 Å². The van der Waals surface area contributed by atoms with Crippen LogP contribution in [0.3, 0.4) is 0 Å². The largest absolute Gasteiger partial charge is 0.340 e. The Labute approximate surface area is 99.4 Å². The molecule has 1 aliphatic rings. The lowest BCUT2D eigenvalue weighted by molar-refractivity contribution is -0.132. The van der Waals surface area contributed by atoms with Gasteiger partial charge in [-0.3, -0.25) is 4.79 Å². The summed E-state index contributed by atoms with van der Waals surface area (Å²) in [6.45, 7) is 6.05. The third kappa shape index (κ3) is 3.78. The van der Waals surface area contributed by atoms with Gasteiger partial charge in [0.1, 0.15) is 0 Å². The van der Waals surface area contributed by atoms with Crippen molar-refractivity contribution in [2.75, 3.05) is 13.1 Å². The zero-order chi connectivity index (χ0) is 12.0. The van der Waals surface area contributed by atoms with E-state index in [2.05, 4.69) is 18.7 Å². The van der Waals surface area contributed by atoms with Crippen LogP contribution in [0.4, 0.5) is 0 Å². The number of likely N-dealkylation sites (tertiary alicyclic amines) is 1. The lowest BCUT2D eigenvalue weighted by Gasteiger charge is -2.22. The summed E-state index contributed by atoms with van der Waals surface area (Å²) in [6.07, 6.45) is 6.26. The first-order valence-electron chi connectivity index (χ1n) is 6.68. The minimum absolute atomic E-state index is 0.348. The Kier molecular flexibility index (Phi) is 5.81. The fourth-order valence-corrected chi connectivity index (χ4v) is 2.56. The highest BCUT2D eigenvalue weighted by Crippen LogP contribution is 2.20. The van der Waals surface area contributed by atoms with Crippen molar-refractivity contribution in [1.29, 1.82) is 0 Å². The Morgan fingerprint density at radius 1 is 1.50 bits per heavy atom. The molecule has 0 aliphatic carbocycles. The number of nitrogens with two attached hydrogens (primary N) is 1. The summed E-state index contributed by atoms with van der Waals surface area (Å²) < 4.78 is 0. The Morgan fingerprint density at radius 3 is 2.75 bits per heavy atom. The third-order valence-electron chi connectivity index (χ3n) is 3.79. The fourth-order valence-electron chi connectivity index (χ4n) is 2.56. The minimum Gasteiger partial charge on any atom is -0.340 e. The van der Waals surface area contributed by atoms with Gasteiger partial charge in [0.15, 0.2) is 0 Å². The van der Waals surface area contributed by atoms with Gasteiger partial charge in [-0.05, 0) is 45.1 Å². The molecule has 1 rings (SSSR count). The maximum atomic E-state index is 12.0. The van der Waals surface area contributed by atoms with E-state index in [-0.39, 0.29) is 0 Å². The van der Waals surface area contributed by atoms with Gasteiger partial charge < -0.3 is 10.6 Å². The van der Waals surface area contributed by atoms with Gasteiger partial charge in [-0.15, -0.1) is 0 Å². The van der Waals surface area contributed by atoms with Crippen LogP contribution < -0.4 is 5.73 Å². The molecule has 2 unspecified atom stereocenters.